The molecule has 1 aliphatic rings. The second kappa shape index (κ2) is 5.65. The number of hydrogen-bond donors (Lipinski definition) is 0. The molecular formula is C12H18ClN3O. The van der Waals surface area contributed by atoms with Crippen LogP contribution in [0.4, 0.5) is 5.82 Å². The van der Waals surface area contributed by atoms with Crippen LogP contribution in [0.3, 0.4) is 0 Å². The molecule has 0 saturated carbocycles. The van der Waals surface area contributed by atoms with E-state index in [0.29, 0.717) is 11.4 Å². The quantitative estimate of drug-likeness (QED) is 0.778. The highest BCUT2D eigenvalue weighted by atomic mass is 35.5. The Morgan fingerprint density at radius 2 is 2.12 bits per heavy atom. The van der Waals surface area contributed by atoms with Gasteiger partial charge in [-0.05, 0) is 38.3 Å². The van der Waals surface area contributed by atoms with Crippen molar-refractivity contribution in [2.45, 2.75) is 32.8 Å². The van der Waals surface area contributed by atoms with E-state index in [1.807, 2.05) is 19.9 Å². The minimum Gasteiger partial charge on any atom is -0.378 e. The highest BCUT2D eigenvalue weighted by Gasteiger charge is 2.20. The molecule has 0 aromatic carbocycles. The predicted octanol–water partition coefficient (Wildman–Crippen LogP) is 2.44. The first-order chi connectivity index (χ1) is 8.19. The Kier molecular flexibility index (Phi) is 4.18. The molecule has 0 aliphatic carbocycles. The Labute approximate surface area is 107 Å². The van der Waals surface area contributed by atoms with Crippen molar-refractivity contribution in [1.82, 2.24) is 9.97 Å². The third-order valence-corrected chi connectivity index (χ3v) is 3.15. The number of nitrogens with zero attached hydrogens (tertiary/aromatic N) is 3. The van der Waals surface area contributed by atoms with Crippen LogP contribution in [0, 0.1) is 6.92 Å². The zero-order valence-corrected chi connectivity index (χ0v) is 11.1. The molecule has 1 fully saturated rings. The van der Waals surface area contributed by atoms with Crippen LogP contribution < -0.4 is 4.90 Å². The molecule has 0 bridgehead atoms. The van der Waals surface area contributed by atoms with Gasteiger partial charge in [0, 0.05) is 31.5 Å². The SMILES string of the molecule is CCOC1CCN(c2cc(C)nc(Cl)n2)CC1. The molecule has 17 heavy (non-hydrogen) atoms. The topological polar surface area (TPSA) is 38.2 Å². The van der Waals surface area contributed by atoms with E-state index in [1.165, 1.54) is 0 Å². The number of halogens is 1. The second-order valence-electron chi connectivity index (χ2n) is 4.28. The number of aryl methyl sites for hydroxylation is 1. The lowest BCUT2D eigenvalue weighted by Crippen LogP contribution is -2.37. The molecule has 0 amide bonds. The van der Waals surface area contributed by atoms with E-state index in [2.05, 4.69) is 14.9 Å². The molecule has 0 atom stereocenters. The predicted molar refractivity (Wildman–Crippen MR) is 68.6 cm³/mol. The van der Waals surface area contributed by atoms with Gasteiger partial charge in [-0.1, -0.05) is 0 Å². The lowest BCUT2D eigenvalue weighted by Gasteiger charge is -2.32. The molecule has 0 spiro atoms. The maximum Gasteiger partial charge on any atom is 0.224 e. The zero-order valence-electron chi connectivity index (χ0n) is 10.3. The van der Waals surface area contributed by atoms with E-state index in [4.69, 9.17) is 16.3 Å². The first-order valence-corrected chi connectivity index (χ1v) is 6.44. The number of rotatable bonds is 3. The Hall–Kier alpha value is -0.870. The summed E-state index contributed by atoms with van der Waals surface area (Å²) in [5.41, 5.74) is 0.909. The number of ether oxygens (including phenoxy) is 1. The Morgan fingerprint density at radius 3 is 2.71 bits per heavy atom. The number of anilines is 1. The Bertz CT molecular complexity index is 358. The van der Waals surface area contributed by atoms with Crippen LogP contribution in [-0.2, 0) is 4.74 Å². The summed E-state index contributed by atoms with van der Waals surface area (Å²) >= 11 is 5.87. The van der Waals surface area contributed by atoms with Crippen molar-refractivity contribution in [2.75, 3.05) is 24.6 Å². The summed E-state index contributed by atoms with van der Waals surface area (Å²) in [5, 5.41) is 0.326. The van der Waals surface area contributed by atoms with Crippen LogP contribution in [0.25, 0.3) is 0 Å². The molecule has 2 heterocycles. The average Bonchev–Trinajstić information content (AvgIpc) is 2.29. The summed E-state index contributed by atoms with van der Waals surface area (Å²) in [7, 11) is 0. The average molecular weight is 256 g/mol. The minimum absolute atomic E-state index is 0.326. The zero-order chi connectivity index (χ0) is 12.3. The van der Waals surface area contributed by atoms with Gasteiger partial charge in [0.05, 0.1) is 6.10 Å². The summed E-state index contributed by atoms with van der Waals surface area (Å²) in [4.78, 5) is 10.6. The van der Waals surface area contributed by atoms with E-state index >= 15 is 0 Å². The normalized spacial score (nSPS) is 17.5. The number of aromatic nitrogens is 2. The molecular weight excluding hydrogens is 238 g/mol. The number of hydrogen-bond acceptors (Lipinski definition) is 4. The third kappa shape index (κ3) is 3.30. The molecule has 1 aromatic rings. The van der Waals surface area contributed by atoms with Crippen LogP contribution in [0.5, 0.6) is 0 Å². The molecule has 4 nitrogen and oxygen atoms in total. The van der Waals surface area contributed by atoms with Crippen molar-refractivity contribution in [3.05, 3.63) is 17.0 Å². The van der Waals surface area contributed by atoms with Gasteiger partial charge in [0.25, 0.3) is 0 Å². The van der Waals surface area contributed by atoms with Gasteiger partial charge in [0.1, 0.15) is 5.82 Å². The van der Waals surface area contributed by atoms with Crippen LogP contribution in [0.1, 0.15) is 25.5 Å². The van der Waals surface area contributed by atoms with Crippen molar-refractivity contribution in [1.29, 1.82) is 0 Å². The second-order valence-corrected chi connectivity index (χ2v) is 4.62. The molecule has 94 valence electrons. The van der Waals surface area contributed by atoms with Crippen LogP contribution >= 0.6 is 11.6 Å². The molecule has 5 heteroatoms. The largest absolute Gasteiger partial charge is 0.378 e. The van der Waals surface area contributed by atoms with Gasteiger partial charge >= 0.3 is 0 Å². The lowest BCUT2D eigenvalue weighted by atomic mass is 10.1. The van der Waals surface area contributed by atoms with Crippen LogP contribution in [0.15, 0.2) is 6.07 Å². The van der Waals surface area contributed by atoms with E-state index in [0.717, 1.165) is 44.0 Å². The summed E-state index contributed by atoms with van der Waals surface area (Å²) in [6.45, 7) is 6.71. The smallest absolute Gasteiger partial charge is 0.224 e. The summed E-state index contributed by atoms with van der Waals surface area (Å²) < 4.78 is 5.63. The molecule has 1 aliphatic heterocycles. The molecule has 2 rings (SSSR count). The van der Waals surface area contributed by atoms with Crippen molar-refractivity contribution in [3.8, 4) is 0 Å². The highest BCUT2D eigenvalue weighted by Crippen LogP contribution is 2.21. The van der Waals surface area contributed by atoms with Crippen molar-refractivity contribution < 1.29 is 4.74 Å². The molecule has 0 unspecified atom stereocenters. The first kappa shape index (κ1) is 12.6. The van der Waals surface area contributed by atoms with Gasteiger partial charge in [0.15, 0.2) is 0 Å². The lowest BCUT2D eigenvalue weighted by molar-refractivity contribution is 0.0458. The highest BCUT2D eigenvalue weighted by molar-refractivity contribution is 6.28. The summed E-state index contributed by atoms with van der Waals surface area (Å²) in [6, 6.07) is 1.98. The van der Waals surface area contributed by atoms with Gasteiger partial charge < -0.3 is 9.64 Å². The van der Waals surface area contributed by atoms with E-state index in [9.17, 15) is 0 Å². The van der Waals surface area contributed by atoms with Gasteiger partial charge in [-0.2, -0.15) is 0 Å². The van der Waals surface area contributed by atoms with Crippen LogP contribution in [-0.4, -0.2) is 35.8 Å². The Morgan fingerprint density at radius 1 is 1.41 bits per heavy atom. The fourth-order valence-corrected chi connectivity index (χ4v) is 2.39. The van der Waals surface area contributed by atoms with Gasteiger partial charge in [-0.3, -0.25) is 0 Å². The Balaban J connectivity index is 2.00. The minimum atomic E-state index is 0.326. The summed E-state index contributed by atoms with van der Waals surface area (Å²) in [6.07, 6.45) is 2.50. The maximum absolute atomic E-state index is 5.87. The summed E-state index contributed by atoms with van der Waals surface area (Å²) in [5.74, 6) is 0.928. The van der Waals surface area contributed by atoms with Gasteiger partial charge in [0.2, 0.25) is 5.28 Å². The first-order valence-electron chi connectivity index (χ1n) is 6.06. The van der Waals surface area contributed by atoms with Crippen LogP contribution in [0.2, 0.25) is 5.28 Å². The van der Waals surface area contributed by atoms with Crippen molar-refractivity contribution in [2.24, 2.45) is 0 Å². The monoisotopic (exact) mass is 255 g/mol. The fraction of sp³-hybridized carbons (Fsp3) is 0.667. The van der Waals surface area contributed by atoms with E-state index in [1.54, 1.807) is 0 Å². The van der Waals surface area contributed by atoms with E-state index in [-0.39, 0.29) is 0 Å². The molecule has 0 N–H and O–H groups in total. The maximum atomic E-state index is 5.87. The third-order valence-electron chi connectivity index (χ3n) is 2.98. The number of piperidine rings is 1. The molecule has 0 radical (unpaired) electrons. The van der Waals surface area contributed by atoms with E-state index < -0.39 is 0 Å². The van der Waals surface area contributed by atoms with Crippen molar-refractivity contribution in [3.63, 3.8) is 0 Å². The van der Waals surface area contributed by atoms with Crippen molar-refractivity contribution >= 4 is 17.4 Å². The molecule has 1 aromatic heterocycles. The standard InChI is InChI=1S/C12H18ClN3O/c1-3-17-10-4-6-16(7-5-10)11-8-9(2)14-12(13)15-11/h8,10H,3-7H2,1-2H3. The van der Waals surface area contributed by atoms with Gasteiger partial charge in [-0.15, -0.1) is 0 Å². The molecule has 1 saturated heterocycles. The van der Waals surface area contributed by atoms with Gasteiger partial charge in [-0.25, -0.2) is 9.97 Å². The fourth-order valence-electron chi connectivity index (χ4n) is 2.17.